The summed E-state index contributed by atoms with van der Waals surface area (Å²) in [7, 11) is 0. The van der Waals surface area contributed by atoms with Gasteiger partial charge in [0.2, 0.25) is 0 Å². The van der Waals surface area contributed by atoms with Crippen LogP contribution in [0.15, 0.2) is 24.3 Å². The normalized spacial score (nSPS) is 9.27. The first-order valence-electron chi connectivity index (χ1n) is 3.22. The minimum Gasteiger partial charge on any atom is -0.370 e. The van der Waals surface area contributed by atoms with Gasteiger partial charge in [0.15, 0.2) is 0 Å². The first-order valence-corrected chi connectivity index (χ1v) is 3.22. The molecule has 0 unspecified atom stereocenters. The highest BCUT2D eigenvalue weighted by molar-refractivity contribution is 5.89. The van der Waals surface area contributed by atoms with Crippen molar-refractivity contribution in [2.75, 3.05) is 0 Å². The number of rotatable bonds is 1. The maximum atomic E-state index is 10.8. The Bertz CT molecular complexity index is 253. The Balaban J connectivity index is 2.90. The molecule has 0 saturated carbocycles. The molecule has 0 heterocycles. The third-order valence-electron chi connectivity index (χ3n) is 1.39. The molecule has 11 heavy (non-hydrogen) atoms. The lowest BCUT2D eigenvalue weighted by molar-refractivity contribution is 0.0503. The number of nitrogens with two attached hydrogens (primary N) is 1. The fourth-order valence-electron chi connectivity index (χ4n) is 0.758. The summed E-state index contributed by atoms with van der Waals surface area (Å²) in [6, 6.07) is 6.99. The lowest BCUT2D eigenvalue weighted by Gasteiger charge is -1.96. The Morgan fingerprint density at radius 2 is 1.91 bits per heavy atom. The van der Waals surface area contributed by atoms with Crippen molar-refractivity contribution in [3.05, 3.63) is 35.4 Å². The predicted octanol–water partition coefficient (Wildman–Crippen LogP) is 1.03. The molecule has 1 rings (SSSR count). The second-order valence-electron chi connectivity index (χ2n) is 2.27. The van der Waals surface area contributed by atoms with Crippen molar-refractivity contribution in [2.45, 2.75) is 6.92 Å². The van der Waals surface area contributed by atoms with Crippen LogP contribution in [0.25, 0.3) is 0 Å². The monoisotopic (exact) mass is 151 g/mol. The fourth-order valence-corrected chi connectivity index (χ4v) is 0.758. The van der Waals surface area contributed by atoms with Crippen molar-refractivity contribution in [3.8, 4) is 0 Å². The summed E-state index contributed by atoms with van der Waals surface area (Å²) in [5.41, 5.74) is 1.57. The van der Waals surface area contributed by atoms with Crippen LogP contribution in [-0.4, -0.2) is 5.97 Å². The van der Waals surface area contributed by atoms with E-state index in [2.05, 4.69) is 4.84 Å². The molecular weight excluding hydrogens is 142 g/mol. The van der Waals surface area contributed by atoms with Crippen LogP contribution in [0, 0.1) is 6.92 Å². The predicted molar refractivity (Wildman–Crippen MR) is 40.8 cm³/mol. The van der Waals surface area contributed by atoms with Gasteiger partial charge in [0.1, 0.15) is 0 Å². The van der Waals surface area contributed by atoms with Crippen LogP contribution in [0.5, 0.6) is 0 Å². The molecule has 58 valence electrons. The quantitative estimate of drug-likeness (QED) is 0.610. The largest absolute Gasteiger partial charge is 0.370 e. The van der Waals surface area contributed by atoms with Crippen LogP contribution < -0.4 is 5.90 Å². The Kier molecular flexibility index (Phi) is 2.23. The molecule has 2 N–H and O–H groups in total. The molecule has 3 nitrogen and oxygen atoms in total. The van der Waals surface area contributed by atoms with Gasteiger partial charge in [-0.2, -0.15) is 5.90 Å². The highest BCUT2D eigenvalue weighted by Crippen LogP contribution is 2.03. The molecule has 0 aliphatic heterocycles. The van der Waals surface area contributed by atoms with E-state index in [0.29, 0.717) is 5.56 Å². The highest BCUT2D eigenvalue weighted by atomic mass is 16.7. The average Bonchev–Trinajstić information content (AvgIpc) is 2.05. The summed E-state index contributed by atoms with van der Waals surface area (Å²) in [5.74, 6) is 4.18. The number of aryl methyl sites for hydroxylation is 1. The molecular formula is C8H9NO2. The molecule has 0 aliphatic carbocycles. The first-order chi connectivity index (χ1) is 5.24. The van der Waals surface area contributed by atoms with E-state index in [1.165, 1.54) is 0 Å². The van der Waals surface area contributed by atoms with E-state index in [-0.39, 0.29) is 0 Å². The summed E-state index contributed by atoms with van der Waals surface area (Å²) in [6.45, 7) is 1.94. The smallest absolute Gasteiger partial charge is 0.356 e. The number of carbonyl (C=O) groups is 1. The zero-order valence-electron chi connectivity index (χ0n) is 6.20. The first kappa shape index (κ1) is 7.75. The Morgan fingerprint density at radius 3 is 2.36 bits per heavy atom. The van der Waals surface area contributed by atoms with Crippen LogP contribution in [-0.2, 0) is 4.84 Å². The van der Waals surface area contributed by atoms with Crippen molar-refractivity contribution < 1.29 is 9.63 Å². The average molecular weight is 151 g/mol. The Hall–Kier alpha value is -1.35. The number of benzene rings is 1. The highest BCUT2D eigenvalue weighted by Gasteiger charge is 2.02. The molecule has 0 aromatic heterocycles. The summed E-state index contributed by atoms with van der Waals surface area (Å²) >= 11 is 0. The van der Waals surface area contributed by atoms with Crippen LogP contribution in [0.1, 0.15) is 15.9 Å². The molecule has 0 radical (unpaired) electrons. The van der Waals surface area contributed by atoms with Gasteiger partial charge >= 0.3 is 5.97 Å². The third-order valence-corrected chi connectivity index (χ3v) is 1.39. The molecule has 0 amide bonds. The van der Waals surface area contributed by atoms with Crippen molar-refractivity contribution in [2.24, 2.45) is 5.90 Å². The maximum absolute atomic E-state index is 10.8. The molecule has 0 bridgehead atoms. The second kappa shape index (κ2) is 3.16. The molecule has 1 aromatic rings. The minimum absolute atomic E-state index is 0.470. The van der Waals surface area contributed by atoms with Gasteiger partial charge < -0.3 is 4.84 Å². The molecule has 3 heteroatoms. The van der Waals surface area contributed by atoms with Gasteiger partial charge in [0.05, 0.1) is 5.56 Å². The van der Waals surface area contributed by atoms with E-state index in [4.69, 9.17) is 5.90 Å². The summed E-state index contributed by atoms with van der Waals surface area (Å²) < 4.78 is 0. The van der Waals surface area contributed by atoms with E-state index in [1.807, 2.05) is 19.1 Å². The van der Waals surface area contributed by atoms with E-state index in [0.717, 1.165) is 5.56 Å². The molecule has 0 aliphatic rings. The van der Waals surface area contributed by atoms with Gasteiger partial charge in [0.25, 0.3) is 0 Å². The van der Waals surface area contributed by atoms with Crippen molar-refractivity contribution in [1.29, 1.82) is 0 Å². The molecule has 0 saturated heterocycles. The Morgan fingerprint density at radius 1 is 1.36 bits per heavy atom. The van der Waals surface area contributed by atoms with Crippen molar-refractivity contribution in [1.82, 2.24) is 0 Å². The summed E-state index contributed by atoms with van der Waals surface area (Å²) in [6.07, 6.45) is 0. The molecule has 0 atom stereocenters. The second-order valence-corrected chi connectivity index (χ2v) is 2.27. The van der Waals surface area contributed by atoms with Gasteiger partial charge in [-0.25, -0.2) is 4.79 Å². The van der Waals surface area contributed by atoms with Crippen molar-refractivity contribution in [3.63, 3.8) is 0 Å². The maximum Gasteiger partial charge on any atom is 0.356 e. The third kappa shape index (κ3) is 1.78. The molecule has 1 aromatic carbocycles. The zero-order chi connectivity index (χ0) is 8.27. The Labute approximate surface area is 64.7 Å². The van der Waals surface area contributed by atoms with Crippen molar-refractivity contribution >= 4 is 5.97 Å². The SMILES string of the molecule is Cc1ccc(C(=O)ON)cc1. The standard InChI is InChI=1S/C8H9NO2/c1-6-2-4-7(5-3-6)8(10)11-9/h2-5H,9H2,1H3. The van der Waals surface area contributed by atoms with Crippen LogP contribution in [0.2, 0.25) is 0 Å². The lowest BCUT2D eigenvalue weighted by atomic mass is 10.2. The van der Waals surface area contributed by atoms with Gasteiger partial charge in [-0.3, -0.25) is 0 Å². The van der Waals surface area contributed by atoms with Gasteiger partial charge in [-0.1, -0.05) is 17.7 Å². The van der Waals surface area contributed by atoms with E-state index in [9.17, 15) is 4.79 Å². The van der Waals surface area contributed by atoms with Gasteiger partial charge in [0, 0.05) is 0 Å². The van der Waals surface area contributed by atoms with Gasteiger partial charge in [-0.05, 0) is 19.1 Å². The topological polar surface area (TPSA) is 52.3 Å². The minimum atomic E-state index is -0.509. The summed E-state index contributed by atoms with van der Waals surface area (Å²) in [5, 5.41) is 0. The van der Waals surface area contributed by atoms with Gasteiger partial charge in [-0.15, -0.1) is 0 Å². The fraction of sp³-hybridized carbons (Fsp3) is 0.125. The number of hydrogen-bond donors (Lipinski definition) is 1. The van der Waals surface area contributed by atoms with E-state index >= 15 is 0 Å². The molecule has 0 spiro atoms. The van der Waals surface area contributed by atoms with E-state index in [1.54, 1.807) is 12.1 Å². The zero-order valence-corrected chi connectivity index (χ0v) is 6.20. The molecule has 0 fully saturated rings. The number of hydrogen-bond acceptors (Lipinski definition) is 3. The lowest BCUT2D eigenvalue weighted by Crippen LogP contribution is -2.09. The van der Waals surface area contributed by atoms with Crippen LogP contribution in [0.3, 0.4) is 0 Å². The van der Waals surface area contributed by atoms with E-state index < -0.39 is 5.97 Å². The van der Waals surface area contributed by atoms with Crippen LogP contribution in [0.4, 0.5) is 0 Å². The summed E-state index contributed by atoms with van der Waals surface area (Å²) in [4.78, 5) is 14.8. The van der Waals surface area contributed by atoms with Crippen LogP contribution >= 0.6 is 0 Å². The number of carbonyl (C=O) groups excluding carboxylic acids is 1.